The van der Waals surface area contributed by atoms with Crippen LogP contribution in [0.15, 0.2) is 59.0 Å². The van der Waals surface area contributed by atoms with E-state index in [0.717, 1.165) is 29.9 Å². The van der Waals surface area contributed by atoms with Gasteiger partial charge in [-0.25, -0.2) is 4.39 Å². The summed E-state index contributed by atoms with van der Waals surface area (Å²) >= 11 is 0. The molecular weight excluding hydrogens is 303 g/mol. The second kappa shape index (κ2) is 8.91. The van der Waals surface area contributed by atoms with Gasteiger partial charge in [-0.1, -0.05) is 6.07 Å². The van der Waals surface area contributed by atoms with Crippen molar-refractivity contribution in [3.05, 3.63) is 65.4 Å². The molecule has 1 fully saturated rings. The van der Waals surface area contributed by atoms with Crippen LogP contribution in [0.2, 0.25) is 0 Å². The number of allylic oxidation sites excluding steroid dienone is 4. The Hall–Kier alpha value is -2.56. The van der Waals surface area contributed by atoms with Gasteiger partial charge in [0.15, 0.2) is 0 Å². The third-order valence-corrected chi connectivity index (χ3v) is 3.85. The molecule has 1 aliphatic rings. The fraction of sp³-hybridized carbons (Fsp3) is 0.316. The maximum absolute atomic E-state index is 13.9. The summed E-state index contributed by atoms with van der Waals surface area (Å²) in [6.45, 7) is 3.98. The fourth-order valence-electron chi connectivity index (χ4n) is 2.65. The topological polar surface area (TPSA) is 53.6 Å². The van der Waals surface area contributed by atoms with Crippen molar-refractivity contribution in [2.75, 3.05) is 25.5 Å². The van der Waals surface area contributed by atoms with Crippen molar-refractivity contribution in [3.63, 3.8) is 0 Å². The summed E-state index contributed by atoms with van der Waals surface area (Å²) in [5, 5.41) is 3.03. The summed E-state index contributed by atoms with van der Waals surface area (Å²) in [5.41, 5.74) is 8.87. The summed E-state index contributed by atoms with van der Waals surface area (Å²) < 4.78 is 13.9. The third-order valence-electron chi connectivity index (χ3n) is 3.85. The number of likely N-dealkylation sites (tertiary alicyclic amines) is 1. The van der Waals surface area contributed by atoms with E-state index in [4.69, 9.17) is 5.73 Å². The van der Waals surface area contributed by atoms with E-state index in [9.17, 15) is 4.39 Å². The van der Waals surface area contributed by atoms with Crippen LogP contribution in [0, 0.1) is 12.7 Å². The molecule has 1 aromatic rings. The van der Waals surface area contributed by atoms with Gasteiger partial charge in [0.2, 0.25) is 0 Å². The van der Waals surface area contributed by atoms with Crippen LogP contribution in [0.1, 0.15) is 18.4 Å². The largest absolute Gasteiger partial charge is 0.405 e. The number of nitrogens with zero attached hydrogens (tertiary/aromatic N) is 2. The Balaban J connectivity index is 2.26. The van der Waals surface area contributed by atoms with Crippen LogP contribution < -0.4 is 11.1 Å². The molecule has 0 aliphatic carbocycles. The summed E-state index contributed by atoms with van der Waals surface area (Å²) in [5.74, 6) is -0.285. The van der Waals surface area contributed by atoms with E-state index in [1.54, 1.807) is 31.5 Å². The predicted octanol–water partition coefficient (Wildman–Crippen LogP) is 3.58. The molecule has 1 aliphatic heterocycles. The molecule has 0 spiro atoms. The van der Waals surface area contributed by atoms with E-state index in [1.165, 1.54) is 25.1 Å². The minimum atomic E-state index is -0.285. The van der Waals surface area contributed by atoms with Gasteiger partial charge in [-0.05, 0) is 61.4 Å². The second-order valence-corrected chi connectivity index (χ2v) is 5.78. The molecule has 5 heteroatoms. The number of halogens is 1. The maximum atomic E-state index is 13.9. The molecule has 1 saturated heterocycles. The summed E-state index contributed by atoms with van der Waals surface area (Å²) in [6, 6.07) is 4.97. The zero-order valence-electron chi connectivity index (χ0n) is 14.3. The van der Waals surface area contributed by atoms with Crippen LogP contribution in [-0.4, -0.2) is 31.3 Å². The summed E-state index contributed by atoms with van der Waals surface area (Å²) in [6.07, 6.45) is 11.2. The number of hydrogen-bond acceptors (Lipinski definition) is 4. The number of hydrogen-bond donors (Lipinski definition) is 2. The average Bonchev–Trinajstić information content (AvgIpc) is 3.09. The fourth-order valence-corrected chi connectivity index (χ4v) is 2.65. The maximum Gasteiger partial charge on any atom is 0.146 e. The van der Waals surface area contributed by atoms with Crippen molar-refractivity contribution in [2.24, 2.45) is 10.7 Å². The van der Waals surface area contributed by atoms with Crippen LogP contribution >= 0.6 is 0 Å². The van der Waals surface area contributed by atoms with E-state index in [0.29, 0.717) is 5.69 Å². The van der Waals surface area contributed by atoms with Crippen LogP contribution in [-0.2, 0) is 0 Å². The van der Waals surface area contributed by atoms with Crippen molar-refractivity contribution in [3.8, 4) is 0 Å². The van der Waals surface area contributed by atoms with Crippen molar-refractivity contribution >= 4 is 11.9 Å². The van der Waals surface area contributed by atoms with Gasteiger partial charge in [-0.15, -0.1) is 0 Å². The molecule has 24 heavy (non-hydrogen) atoms. The Kier molecular flexibility index (Phi) is 6.61. The predicted molar refractivity (Wildman–Crippen MR) is 99.5 cm³/mol. The number of aryl methyl sites for hydroxylation is 1. The number of benzene rings is 1. The monoisotopic (exact) mass is 328 g/mol. The molecule has 0 bridgehead atoms. The molecule has 0 saturated carbocycles. The third kappa shape index (κ3) is 4.98. The first-order valence-corrected chi connectivity index (χ1v) is 8.14. The first-order valence-electron chi connectivity index (χ1n) is 8.14. The van der Waals surface area contributed by atoms with Crippen LogP contribution in [0.4, 0.5) is 10.1 Å². The van der Waals surface area contributed by atoms with Gasteiger partial charge in [-0.2, -0.15) is 0 Å². The normalized spacial score (nSPS) is 16.5. The van der Waals surface area contributed by atoms with Gasteiger partial charge in [0.25, 0.3) is 0 Å². The van der Waals surface area contributed by atoms with Crippen molar-refractivity contribution in [2.45, 2.75) is 19.8 Å². The standard InChI is InChI=1S/C19H25FN4/c1-15-5-6-18(20)19(11-15)23-13-16(7-8-21)12-17(14-22-2)24-9-3-4-10-24/h5-8,11-14,23H,3-4,9-10,21H2,1-2H3/b8-7-,16-13+,17-12+,22-14?. The lowest BCUT2D eigenvalue weighted by Gasteiger charge is -2.18. The second-order valence-electron chi connectivity index (χ2n) is 5.78. The first-order chi connectivity index (χ1) is 11.6. The Labute approximate surface area is 143 Å². The summed E-state index contributed by atoms with van der Waals surface area (Å²) in [7, 11) is 1.76. The minimum Gasteiger partial charge on any atom is -0.405 e. The molecule has 128 valence electrons. The number of anilines is 1. The van der Waals surface area contributed by atoms with Gasteiger partial charge in [-0.3, -0.25) is 4.99 Å². The van der Waals surface area contributed by atoms with E-state index >= 15 is 0 Å². The number of nitrogens with one attached hydrogen (secondary N) is 1. The van der Waals surface area contributed by atoms with Crippen LogP contribution in [0.5, 0.6) is 0 Å². The highest BCUT2D eigenvalue weighted by Crippen LogP contribution is 2.18. The lowest BCUT2D eigenvalue weighted by Crippen LogP contribution is -2.19. The highest BCUT2D eigenvalue weighted by Gasteiger charge is 2.13. The first kappa shape index (κ1) is 17.8. The molecule has 4 nitrogen and oxygen atoms in total. The van der Waals surface area contributed by atoms with Crippen LogP contribution in [0.3, 0.4) is 0 Å². The molecule has 1 aromatic carbocycles. The molecule has 0 atom stereocenters. The van der Waals surface area contributed by atoms with Gasteiger partial charge < -0.3 is 16.0 Å². The summed E-state index contributed by atoms with van der Waals surface area (Å²) in [4.78, 5) is 6.43. The van der Waals surface area contributed by atoms with E-state index in [2.05, 4.69) is 15.2 Å². The van der Waals surface area contributed by atoms with Gasteiger partial charge in [0.1, 0.15) is 5.82 Å². The van der Waals surface area contributed by atoms with Crippen molar-refractivity contribution < 1.29 is 4.39 Å². The Morgan fingerprint density at radius 2 is 2.08 bits per heavy atom. The Bertz CT molecular complexity index is 668. The smallest absolute Gasteiger partial charge is 0.146 e. The zero-order chi connectivity index (χ0) is 17.4. The molecule has 0 amide bonds. The van der Waals surface area contributed by atoms with Crippen LogP contribution in [0.25, 0.3) is 0 Å². The molecule has 0 aromatic heterocycles. The zero-order valence-corrected chi connectivity index (χ0v) is 14.3. The Morgan fingerprint density at radius 3 is 2.75 bits per heavy atom. The number of aliphatic imine (C=N–C) groups is 1. The van der Waals surface area contributed by atoms with E-state index in [-0.39, 0.29) is 5.82 Å². The van der Waals surface area contributed by atoms with Crippen molar-refractivity contribution in [1.29, 1.82) is 0 Å². The lowest BCUT2D eigenvalue weighted by molar-refractivity contribution is 0.450. The molecule has 1 heterocycles. The van der Waals surface area contributed by atoms with Crippen molar-refractivity contribution in [1.82, 2.24) is 4.90 Å². The molecule has 0 unspecified atom stereocenters. The van der Waals surface area contributed by atoms with Gasteiger partial charge >= 0.3 is 0 Å². The van der Waals surface area contributed by atoms with Gasteiger partial charge in [0.05, 0.1) is 11.4 Å². The quantitative estimate of drug-likeness (QED) is 0.620. The highest BCUT2D eigenvalue weighted by atomic mass is 19.1. The molecule has 3 N–H and O–H groups in total. The Morgan fingerprint density at radius 1 is 1.33 bits per heavy atom. The van der Waals surface area contributed by atoms with E-state index < -0.39 is 0 Å². The molecule has 0 radical (unpaired) electrons. The molecular formula is C19H25FN4. The van der Waals surface area contributed by atoms with E-state index in [1.807, 2.05) is 19.2 Å². The molecule has 2 rings (SSSR count). The minimum absolute atomic E-state index is 0.285. The van der Waals surface area contributed by atoms with Gasteiger partial charge in [0, 0.05) is 32.6 Å². The SMILES string of the molecule is CN=C\C(=C/C(/C=C\N)=C/Nc1cc(C)ccc1F)N1CCCC1. The number of rotatable bonds is 6. The number of nitrogens with two attached hydrogens (primary N) is 1. The lowest BCUT2D eigenvalue weighted by atomic mass is 10.2. The highest BCUT2D eigenvalue weighted by molar-refractivity contribution is 5.79. The average molecular weight is 328 g/mol.